The fourth-order valence-electron chi connectivity index (χ4n) is 2.93. The Balaban J connectivity index is 0.000000396. The number of sulfonamides is 1. The topological polar surface area (TPSA) is 117 Å². The molecule has 1 aliphatic rings. The van der Waals surface area contributed by atoms with E-state index in [2.05, 4.69) is 19.7 Å². The number of halogens is 3. The van der Waals surface area contributed by atoms with E-state index in [1.54, 1.807) is 12.4 Å². The lowest BCUT2D eigenvalue weighted by molar-refractivity contribution is -0.192. The van der Waals surface area contributed by atoms with E-state index in [-0.39, 0.29) is 6.04 Å². The van der Waals surface area contributed by atoms with E-state index in [1.807, 2.05) is 28.9 Å². The molecule has 2 N–H and O–H groups in total. The Hall–Kier alpha value is -2.51. The largest absolute Gasteiger partial charge is 0.490 e. The molecule has 0 fully saturated rings. The van der Waals surface area contributed by atoms with E-state index in [1.165, 1.54) is 6.26 Å². The summed E-state index contributed by atoms with van der Waals surface area (Å²) in [4.78, 5) is 15.6. The van der Waals surface area contributed by atoms with Crippen LogP contribution in [-0.4, -0.2) is 64.7 Å². The van der Waals surface area contributed by atoms with Crippen LogP contribution >= 0.6 is 0 Å². The molecule has 2 aromatic rings. The van der Waals surface area contributed by atoms with Crippen molar-refractivity contribution in [3.63, 3.8) is 0 Å². The molecule has 0 saturated carbocycles. The van der Waals surface area contributed by atoms with Crippen molar-refractivity contribution < 1.29 is 31.5 Å². The molecule has 30 heavy (non-hydrogen) atoms. The average molecular weight is 449 g/mol. The van der Waals surface area contributed by atoms with Crippen LogP contribution in [-0.2, 0) is 27.9 Å². The highest BCUT2D eigenvalue weighted by Crippen LogP contribution is 2.23. The number of carboxylic acid groups (broad SMARTS) is 1. The van der Waals surface area contributed by atoms with Gasteiger partial charge in [0.15, 0.2) is 0 Å². The first-order valence-electron chi connectivity index (χ1n) is 8.85. The van der Waals surface area contributed by atoms with Crippen molar-refractivity contribution in [2.75, 3.05) is 19.3 Å². The molecule has 1 atom stereocenters. The number of rotatable bonds is 6. The minimum Gasteiger partial charge on any atom is -0.475 e. The van der Waals surface area contributed by atoms with Crippen molar-refractivity contribution in [1.29, 1.82) is 0 Å². The van der Waals surface area contributed by atoms with Gasteiger partial charge in [0.05, 0.1) is 23.7 Å². The molecule has 9 nitrogen and oxygen atoms in total. The first-order valence-corrected chi connectivity index (χ1v) is 10.7. The van der Waals surface area contributed by atoms with Gasteiger partial charge in [-0.2, -0.15) is 18.3 Å². The second-order valence-electron chi connectivity index (χ2n) is 6.67. The van der Waals surface area contributed by atoms with Crippen LogP contribution in [0.25, 0.3) is 0 Å². The van der Waals surface area contributed by atoms with E-state index < -0.39 is 22.2 Å². The number of hydrogen-bond acceptors (Lipinski definition) is 6. The molecule has 1 aliphatic heterocycles. The number of nitrogens with one attached hydrogen (secondary N) is 1. The van der Waals surface area contributed by atoms with Gasteiger partial charge in [0.25, 0.3) is 0 Å². The molecule has 3 rings (SSSR count). The van der Waals surface area contributed by atoms with E-state index in [0.717, 1.165) is 31.0 Å². The Labute approximate surface area is 171 Å². The molecule has 13 heteroatoms. The van der Waals surface area contributed by atoms with Gasteiger partial charge in [-0.3, -0.25) is 14.6 Å². The molecule has 0 aromatic carbocycles. The standard InChI is InChI=1S/C15H21N5O2S.C2HF3O2/c1-23(21,22)18-9-6-15-12-19(10-13-4-2-3-7-16-13)11-14-5-8-17-20(14)15;3-2(4,5)1(6)7/h2-5,7-8,15,18H,6,9-12H2,1H3;(H,6,7). The second kappa shape index (κ2) is 10.00. The van der Waals surface area contributed by atoms with Crippen LogP contribution in [0.5, 0.6) is 0 Å². The van der Waals surface area contributed by atoms with Gasteiger partial charge >= 0.3 is 12.1 Å². The van der Waals surface area contributed by atoms with Crippen LogP contribution in [0.4, 0.5) is 13.2 Å². The number of hydrogen-bond donors (Lipinski definition) is 2. The number of carboxylic acids is 1. The van der Waals surface area contributed by atoms with Gasteiger partial charge in [-0.1, -0.05) is 6.07 Å². The molecule has 0 spiro atoms. The molecule has 0 saturated heterocycles. The van der Waals surface area contributed by atoms with Gasteiger partial charge in [-0.05, 0) is 24.6 Å². The van der Waals surface area contributed by atoms with Crippen molar-refractivity contribution >= 4 is 16.0 Å². The van der Waals surface area contributed by atoms with Crippen LogP contribution in [0.15, 0.2) is 36.7 Å². The fraction of sp³-hybridized carbons (Fsp3) is 0.471. The molecule has 1 unspecified atom stereocenters. The van der Waals surface area contributed by atoms with Crippen molar-refractivity contribution in [3.05, 3.63) is 48.0 Å². The van der Waals surface area contributed by atoms with Gasteiger partial charge in [-0.25, -0.2) is 17.9 Å². The van der Waals surface area contributed by atoms with E-state index in [0.29, 0.717) is 13.0 Å². The maximum atomic E-state index is 11.2. The Morgan fingerprint density at radius 3 is 2.57 bits per heavy atom. The Bertz CT molecular complexity index is 934. The monoisotopic (exact) mass is 449 g/mol. The highest BCUT2D eigenvalue weighted by Gasteiger charge is 2.38. The molecule has 0 radical (unpaired) electrons. The number of nitrogens with zero attached hydrogens (tertiary/aromatic N) is 4. The van der Waals surface area contributed by atoms with E-state index in [4.69, 9.17) is 9.90 Å². The second-order valence-corrected chi connectivity index (χ2v) is 8.50. The Morgan fingerprint density at radius 2 is 2.00 bits per heavy atom. The van der Waals surface area contributed by atoms with Crippen LogP contribution in [0.2, 0.25) is 0 Å². The highest BCUT2D eigenvalue weighted by molar-refractivity contribution is 7.88. The lowest BCUT2D eigenvalue weighted by atomic mass is 10.1. The van der Waals surface area contributed by atoms with E-state index in [9.17, 15) is 21.6 Å². The number of aromatic nitrogens is 3. The molecule has 166 valence electrons. The Morgan fingerprint density at radius 1 is 1.30 bits per heavy atom. The fourth-order valence-corrected chi connectivity index (χ4v) is 3.42. The van der Waals surface area contributed by atoms with Crippen LogP contribution in [0.1, 0.15) is 23.9 Å². The summed E-state index contributed by atoms with van der Waals surface area (Å²) in [5, 5.41) is 11.5. The van der Waals surface area contributed by atoms with Gasteiger partial charge in [0.1, 0.15) is 0 Å². The summed E-state index contributed by atoms with van der Waals surface area (Å²) in [6, 6.07) is 8.10. The maximum Gasteiger partial charge on any atom is 0.490 e. The van der Waals surface area contributed by atoms with Crippen LogP contribution < -0.4 is 4.72 Å². The number of aliphatic carboxylic acids is 1. The molecular weight excluding hydrogens is 427 g/mol. The average Bonchev–Trinajstić information content (AvgIpc) is 3.10. The summed E-state index contributed by atoms with van der Waals surface area (Å²) in [6.07, 6.45) is 0.411. The zero-order valence-corrected chi connectivity index (χ0v) is 16.9. The first kappa shape index (κ1) is 23.8. The summed E-state index contributed by atoms with van der Waals surface area (Å²) < 4.78 is 58.7. The van der Waals surface area contributed by atoms with Crippen LogP contribution in [0.3, 0.4) is 0 Å². The highest BCUT2D eigenvalue weighted by atomic mass is 32.2. The number of carbonyl (C=O) groups is 1. The molecule has 0 bridgehead atoms. The van der Waals surface area contributed by atoms with Crippen molar-refractivity contribution in [2.45, 2.75) is 31.7 Å². The normalized spacial score (nSPS) is 17.0. The number of fused-ring (bicyclic) bond motifs is 1. The molecule has 3 heterocycles. The minimum absolute atomic E-state index is 0.159. The van der Waals surface area contributed by atoms with E-state index >= 15 is 0 Å². The quantitative estimate of drug-likeness (QED) is 0.685. The van der Waals surface area contributed by atoms with Gasteiger partial charge < -0.3 is 5.11 Å². The molecule has 0 aliphatic carbocycles. The summed E-state index contributed by atoms with van der Waals surface area (Å²) >= 11 is 0. The zero-order valence-electron chi connectivity index (χ0n) is 16.1. The molecule has 0 amide bonds. The predicted octanol–water partition coefficient (Wildman–Crippen LogP) is 1.41. The third-order valence-electron chi connectivity index (χ3n) is 4.15. The summed E-state index contributed by atoms with van der Waals surface area (Å²) in [5.41, 5.74) is 2.19. The lowest BCUT2D eigenvalue weighted by Crippen LogP contribution is -2.39. The smallest absolute Gasteiger partial charge is 0.475 e. The van der Waals surface area contributed by atoms with Crippen molar-refractivity contribution in [2.24, 2.45) is 0 Å². The SMILES string of the molecule is CS(=O)(=O)NCCC1CN(Cc2ccccn2)Cc2ccnn21.O=C(O)C(F)(F)F. The van der Waals surface area contributed by atoms with Gasteiger partial charge in [0.2, 0.25) is 10.0 Å². The van der Waals surface area contributed by atoms with Crippen molar-refractivity contribution in [3.8, 4) is 0 Å². The summed E-state index contributed by atoms with van der Waals surface area (Å²) in [7, 11) is -3.15. The minimum atomic E-state index is -5.08. The number of pyridine rings is 1. The van der Waals surface area contributed by atoms with Gasteiger partial charge in [-0.15, -0.1) is 0 Å². The third kappa shape index (κ3) is 7.72. The van der Waals surface area contributed by atoms with Crippen molar-refractivity contribution in [1.82, 2.24) is 24.4 Å². The predicted molar refractivity (Wildman–Crippen MR) is 101 cm³/mol. The lowest BCUT2D eigenvalue weighted by Gasteiger charge is -2.33. The first-order chi connectivity index (χ1) is 14.0. The molecule has 2 aromatic heterocycles. The third-order valence-corrected chi connectivity index (χ3v) is 4.88. The summed E-state index contributed by atoms with van der Waals surface area (Å²) in [6.45, 7) is 2.85. The Kier molecular flexibility index (Phi) is 7.92. The van der Waals surface area contributed by atoms with Crippen LogP contribution in [0, 0.1) is 0 Å². The number of alkyl halides is 3. The van der Waals surface area contributed by atoms with Gasteiger partial charge in [0, 0.05) is 38.6 Å². The maximum absolute atomic E-state index is 11.2. The molecular formula is C17H22F3N5O4S. The summed E-state index contributed by atoms with van der Waals surface area (Å²) in [5.74, 6) is -2.76. The zero-order chi connectivity index (χ0) is 22.4.